The largest absolute Gasteiger partial charge is 0.325 e. The molecule has 0 radical (unpaired) electrons. The zero-order chi connectivity index (χ0) is 19.7. The molecule has 144 valence electrons. The normalized spacial score (nSPS) is 24.5. The Labute approximate surface area is 164 Å². The topological polar surface area (TPSA) is 66.5 Å². The number of nitrogens with one attached hydrogen (secondary N) is 1. The molecule has 1 saturated carbocycles. The zero-order valence-electron chi connectivity index (χ0n) is 16.0. The van der Waals surface area contributed by atoms with E-state index in [4.69, 9.17) is 0 Å². The molecule has 0 bridgehead atoms. The van der Waals surface area contributed by atoms with E-state index in [1.165, 1.54) is 0 Å². The Kier molecular flexibility index (Phi) is 4.75. The summed E-state index contributed by atoms with van der Waals surface area (Å²) in [5.41, 5.74) is 1.76. The van der Waals surface area contributed by atoms with Gasteiger partial charge in [-0.2, -0.15) is 0 Å². The molecule has 0 aromatic heterocycles. The lowest BCUT2D eigenvalue weighted by Gasteiger charge is -2.36. The smallest absolute Gasteiger partial charge is 0.323 e. The Morgan fingerprint density at radius 2 is 1.71 bits per heavy atom. The van der Waals surface area contributed by atoms with Gasteiger partial charge >= 0.3 is 6.03 Å². The molecule has 1 aliphatic carbocycles. The molecule has 3 amide bonds. The minimum Gasteiger partial charge on any atom is -0.323 e. The molecule has 2 aromatic rings. The van der Waals surface area contributed by atoms with Gasteiger partial charge in [-0.25, -0.2) is 4.79 Å². The number of benzene rings is 2. The number of nitrogens with zero attached hydrogens (tertiary/aromatic N) is 1. The van der Waals surface area contributed by atoms with Gasteiger partial charge in [-0.1, -0.05) is 74.4 Å². The minimum absolute atomic E-state index is 0.0861. The van der Waals surface area contributed by atoms with Crippen molar-refractivity contribution in [2.75, 3.05) is 6.54 Å². The highest BCUT2D eigenvalue weighted by Gasteiger charge is 2.55. The van der Waals surface area contributed by atoms with Crippen LogP contribution in [0, 0.1) is 5.92 Å². The second-order valence-electron chi connectivity index (χ2n) is 7.81. The lowest BCUT2D eigenvalue weighted by atomic mass is 9.73. The molecule has 1 N–H and O–H groups in total. The van der Waals surface area contributed by atoms with Gasteiger partial charge in [-0.3, -0.25) is 14.5 Å². The number of amides is 3. The van der Waals surface area contributed by atoms with Crippen LogP contribution in [0.1, 0.15) is 43.0 Å². The van der Waals surface area contributed by atoms with Gasteiger partial charge in [0.05, 0.1) is 6.54 Å². The number of carbonyl (C=O) groups is 3. The van der Waals surface area contributed by atoms with Crippen LogP contribution in [0.4, 0.5) is 4.79 Å². The second-order valence-corrected chi connectivity index (χ2v) is 7.81. The predicted octanol–water partition coefficient (Wildman–Crippen LogP) is 4.04. The lowest BCUT2D eigenvalue weighted by Crippen LogP contribution is -2.54. The van der Waals surface area contributed by atoms with Gasteiger partial charge in [-0.05, 0) is 29.9 Å². The Morgan fingerprint density at radius 3 is 2.39 bits per heavy atom. The summed E-state index contributed by atoms with van der Waals surface area (Å²) in [6.45, 7) is 1.79. The fourth-order valence-electron chi connectivity index (χ4n) is 4.35. The first-order valence-electron chi connectivity index (χ1n) is 9.84. The average molecular weight is 376 g/mol. The fraction of sp³-hybridized carbons (Fsp3) is 0.348. The number of urea groups is 1. The summed E-state index contributed by atoms with van der Waals surface area (Å²) in [5.74, 6) is -0.398. The maximum Gasteiger partial charge on any atom is 0.325 e. The summed E-state index contributed by atoms with van der Waals surface area (Å²) in [5, 5.41) is 2.89. The van der Waals surface area contributed by atoms with E-state index < -0.39 is 11.6 Å². The first-order chi connectivity index (χ1) is 13.5. The molecule has 28 heavy (non-hydrogen) atoms. The standard InChI is InChI=1S/C23H24N2O3/c1-16-7-5-6-14-23(16)21(27)25(22(28)24-23)15-20(26)19-12-10-18(11-13-19)17-8-3-2-4-9-17/h2-4,8-13,16H,5-7,14-15H2,1H3,(H,24,28)/t16-,23+/m1/s1. The first-order valence-corrected chi connectivity index (χ1v) is 9.84. The number of carbonyl (C=O) groups excluding carboxylic acids is 3. The van der Waals surface area contributed by atoms with Crippen molar-refractivity contribution >= 4 is 17.7 Å². The van der Waals surface area contributed by atoms with Crippen molar-refractivity contribution in [3.63, 3.8) is 0 Å². The number of hydrogen-bond acceptors (Lipinski definition) is 3. The van der Waals surface area contributed by atoms with Gasteiger partial charge in [0.15, 0.2) is 5.78 Å². The summed E-state index contributed by atoms with van der Waals surface area (Å²) in [6, 6.07) is 16.7. The molecule has 5 heteroatoms. The van der Waals surface area contributed by atoms with Crippen molar-refractivity contribution in [2.45, 2.75) is 38.1 Å². The molecule has 2 aliphatic rings. The van der Waals surface area contributed by atoms with Gasteiger partial charge in [0.2, 0.25) is 0 Å². The van der Waals surface area contributed by atoms with Crippen LogP contribution in [0.5, 0.6) is 0 Å². The van der Waals surface area contributed by atoms with E-state index in [1.807, 2.05) is 49.4 Å². The molecule has 2 atom stereocenters. The number of Topliss-reactive ketones (excluding diaryl/α,β-unsaturated/α-hetero) is 1. The van der Waals surface area contributed by atoms with Crippen molar-refractivity contribution in [3.05, 3.63) is 60.2 Å². The summed E-state index contributed by atoms with van der Waals surface area (Å²) < 4.78 is 0. The van der Waals surface area contributed by atoms with Gasteiger partial charge in [0.25, 0.3) is 5.91 Å². The number of hydrogen-bond donors (Lipinski definition) is 1. The van der Waals surface area contributed by atoms with Crippen molar-refractivity contribution in [1.82, 2.24) is 10.2 Å². The number of rotatable bonds is 4. The predicted molar refractivity (Wildman–Crippen MR) is 107 cm³/mol. The van der Waals surface area contributed by atoms with Crippen LogP contribution in [0.2, 0.25) is 0 Å². The third kappa shape index (κ3) is 3.11. The molecular weight excluding hydrogens is 352 g/mol. The Balaban J connectivity index is 1.49. The molecule has 5 nitrogen and oxygen atoms in total. The maximum absolute atomic E-state index is 13.0. The molecular formula is C23H24N2O3. The highest BCUT2D eigenvalue weighted by molar-refractivity contribution is 6.11. The average Bonchev–Trinajstić information content (AvgIpc) is 2.96. The third-order valence-electron chi connectivity index (χ3n) is 6.12. The Morgan fingerprint density at radius 1 is 1.04 bits per heavy atom. The van der Waals surface area contributed by atoms with Crippen LogP contribution in [-0.2, 0) is 4.79 Å². The number of ketones is 1. The van der Waals surface area contributed by atoms with Gasteiger partial charge in [0.1, 0.15) is 5.54 Å². The summed E-state index contributed by atoms with van der Waals surface area (Å²) in [7, 11) is 0. The quantitative estimate of drug-likeness (QED) is 0.647. The van der Waals surface area contributed by atoms with Crippen LogP contribution in [-0.4, -0.2) is 34.7 Å². The van der Waals surface area contributed by atoms with Crippen molar-refractivity contribution in [2.24, 2.45) is 5.92 Å². The van der Waals surface area contributed by atoms with Gasteiger partial charge in [-0.15, -0.1) is 0 Å². The summed E-state index contributed by atoms with van der Waals surface area (Å²) in [6.07, 6.45) is 3.54. The van der Waals surface area contributed by atoms with E-state index in [0.717, 1.165) is 35.3 Å². The van der Waals surface area contributed by atoms with E-state index in [1.54, 1.807) is 12.1 Å². The van der Waals surface area contributed by atoms with Crippen LogP contribution >= 0.6 is 0 Å². The van der Waals surface area contributed by atoms with Crippen LogP contribution in [0.3, 0.4) is 0 Å². The molecule has 1 aliphatic heterocycles. The second kappa shape index (κ2) is 7.23. The van der Waals surface area contributed by atoms with Gasteiger partial charge < -0.3 is 5.32 Å². The van der Waals surface area contributed by atoms with Crippen LogP contribution < -0.4 is 5.32 Å². The minimum atomic E-state index is -0.827. The van der Waals surface area contributed by atoms with E-state index in [-0.39, 0.29) is 24.2 Å². The SMILES string of the molecule is C[C@@H]1CCCC[C@]12NC(=O)N(CC(=O)c1ccc(-c3ccccc3)cc1)C2=O. The Hall–Kier alpha value is -2.95. The highest BCUT2D eigenvalue weighted by atomic mass is 16.2. The molecule has 1 spiro atoms. The highest BCUT2D eigenvalue weighted by Crippen LogP contribution is 2.38. The molecule has 2 fully saturated rings. The van der Waals surface area contributed by atoms with Crippen molar-refractivity contribution < 1.29 is 14.4 Å². The first kappa shape index (κ1) is 18.4. The van der Waals surface area contributed by atoms with E-state index in [9.17, 15) is 14.4 Å². The molecule has 4 rings (SSSR count). The van der Waals surface area contributed by atoms with E-state index >= 15 is 0 Å². The van der Waals surface area contributed by atoms with E-state index in [2.05, 4.69) is 5.32 Å². The van der Waals surface area contributed by atoms with Crippen molar-refractivity contribution in [3.8, 4) is 11.1 Å². The Bertz CT molecular complexity index is 907. The summed E-state index contributed by atoms with van der Waals surface area (Å²) in [4.78, 5) is 39.3. The summed E-state index contributed by atoms with van der Waals surface area (Å²) >= 11 is 0. The van der Waals surface area contributed by atoms with Gasteiger partial charge in [0, 0.05) is 5.56 Å². The maximum atomic E-state index is 13.0. The molecule has 1 heterocycles. The molecule has 1 saturated heterocycles. The molecule has 0 unspecified atom stereocenters. The van der Waals surface area contributed by atoms with Crippen LogP contribution in [0.15, 0.2) is 54.6 Å². The van der Waals surface area contributed by atoms with Crippen molar-refractivity contribution in [1.29, 1.82) is 0 Å². The number of imide groups is 1. The lowest BCUT2D eigenvalue weighted by molar-refractivity contribution is -0.133. The molecule has 2 aromatic carbocycles. The third-order valence-corrected chi connectivity index (χ3v) is 6.12. The van der Waals surface area contributed by atoms with Crippen LogP contribution in [0.25, 0.3) is 11.1 Å². The fourth-order valence-corrected chi connectivity index (χ4v) is 4.35. The monoisotopic (exact) mass is 376 g/mol. The zero-order valence-corrected chi connectivity index (χ0v) is 16.0. The van der Waals surface area contributed by atoms with E-state index in [0.29, 0.717) is 12.0 Å².